The van der Waals surface area contributed by atoms with Gasteiger partial charge in [-0.3, -0.25) is 9.11 Å². The van der Waals surface area contributed by atoms with Crippen LogP contribution in [-0.4, -0.2) is 62.7 Å². The zero-order valence-corrected chi connectivity index (χ0v) is 11.9. The second kappa shape index (κ2) is 7.91. The first-order valence-corrected chi connectivity index (χ1v) is 5.29. The predicted molar refractivity (Wildman–Crippen MR) is 50.5 cm³/mol. The number of rotatable bonds is 2. The van der Waals surface area contributed by atoms with Crippen molar-refractivity contribution >= 4 is 16.4 Å². The Bertz CT molecular complexity index is 412. The molecule has 0 amide bonds. The number of esters is 1. The minimum atomic E-state index is -4.67. The quantitative estimate of drug-likeness (QED) is 0.164. The van der Waals surface area contributed by atoms with E-state index in [-0.39, 0.29) is 31.0 Å². The molecule has 0 saturated heterocycles. The molecule has 0 aromatic heterocycles. The number of hydrogen-bond acceptors (Lipinski definition) is 8. The molecule has 0 fully saturated rings. The van der Waals surface area contributed by atoms with Crippen LogP contribution in [0.1, 0.15) is 1.43 Å². The third-order valence-electron chi connectivity index (χ3n) is 1.48. The molecule has 0 radical (unpaired) electrons. The molecule has 0 aromatic carbocycles. The van der Waals surface area contributed by atoms with E-state index in [4.69, 9.17) is 37.9 Å². The smallest absolute Gasteiger partial charge is 1.00 e. The average molecular weight is 298 g/mol. The van der Waals surface area contributed by atoms with Crippen LogP contribution in [0.5, 0.6) is 0 Å². The first-order chi connectivity index (χ1) is 7.57. The van der Waals surface area contributed by atoms with Crippen LogP contribution in [0, 0.1) is 0 Å². The molecule has 1 rings (SSSR count). The Labute approximate surface area is 125 Å². The summed E-state index contributed by atoms with van der Waals surface area (Å²) in [5.41, 5.74) is 0. The van der Waals surface area contributed by atoms with E-state index in [1.807, 2.05) is 0 Å². The van der Waals surface area contributed by atoms with Crippen molar-refractivity contribution in [3.05, 3.63) is 11.5 Å². The maximum atomic E-state index is 10.5. The minimum absolute atomic E-state index is 0. The van der Waals surface area contributed by atoms with Gasteiger partial charge in [0, 0.05) is 0 Å². The van der Waals surface area contributed by atoms with Gasteiger partial charge in [-0.25, -0.2) is 4.79 Å². The molecule has 0 aromatic rings. The summed E-state index contributed by atoms with van der Waals surface area (Å²) in [7, 11) is -4.67. The number of cyclic esters (lactones) is 1. The van der Waals surface area contributed by atoms with Crippen molar-refractivity contribution in [2.75, 3.05) is 6.61 Å². The average Bonchev–Trinajstić information content (AvgIpc) is 2.42. The summed E-state index contributed by atoms with van der Waals surface area (Å²) in [6.07, 6.45) is -2.78. The molecule has 18 heavy (non-hydrogen) atoms. The van der Waals surface area contributed by atoms with E-state index in [2.05, 4.69) is 4.74 Å². The van der Waals surface area contributed by atoms with Gasteiger partial charge in [0.1, 0.15) is 6.10 Å². The zero-order chi connectivity index (χ0) is 13.8. The fourth-order valence-electron chi connectivity index (χ4n) is 0.823. The summed E-state index contributed by atoms with van der Waals surface area (Å²) in [5.74, 6) is -2.78. The van der Waals surface area contributed by atoms with Crippen molar-refractivity contribution in [2.24, 2.45) is 0 Å². The molecule has 2 atom stereocenters. The third-order valence-corrected chi connectivity index (χ3v) is 1.48. The fourth-order valence-corrected chi connectivity index (χ4v) is 0.823. The third kappa shape index (κ3) is 7.13. The first-order valence-electron chi connectivity index (χ1n) is 3.89. The van der Waals surface area contributed by atoms with Crippen molar-refractivity contribution in [1.29, 1.82) is 0 Å². The van der Waals surface area contributed by atoms with Crippen molar-refractivity contribution in [2.45, 2.75) is 12.2 Å². The van der Waals surface area contributed by atoms with Gasteiger partial charge in [-0.05, 0) is 0 Å². The first kappa shape index (κ1) is 19.9. The Balaban J connectivity index is -0.000000320. The van der Waals surface area contributed by atoms with Gasteiger partial charge in [-0.15, -0.1) is 0 Å². The zero-order valence-electron chi connectivity index (χ0n) is 10.1. The standard InChI is InChI=1S/C6H8O6.Na.H2O4S.H/c7-1-2(8)5-3(9)4(10)6(11)12-5;;1-5(2,3)4;/h2,5,7-10H,1H2;;(H2,1,2,3,4);/q;+1;;-1/t2-,5+;;;/m0.../s1. The summed E-state index contributed by atoms with van der Waals surface area (Å²) in [4.78, 5) is 10.5. The number of aliphatic hydroxyl groups excluding tert-OH is 4. The van der Waals surface area contributed by atoms with Crippen molar-refractivity contribution in [1.82, 2.24) is 0 Å². The van der Waals surface area contributed by atoms with Gasteiger partial charge in [0.25, 0.3) is 0 Å². The molecule has 0 aliphatic carbocycles. The van der Waals surface area contributed by atoms with Gasteiger partial charge in [-0.1, -0.05) is 0 Å². The van der Waals surface area contributed by atoms with E-state index < -0.39 is 46.7 Å². The van der Waals surface area contributed by atoms with Crippen LogP contribution in [-0.2, 0) is 19.9 Å². The van der Waals surface area contributed by atoms with Crippen molar-refractivity contribution in [3.8, 4) is 0 Å². The molecule has 0 saturated carbocycles. The second-order valence-electron chi connectivity index (χ2n) is 2.76. The van der Waals surface area contributed by atoms with Gasteiger partial charge < -0.3 is 26.6 Å². The van der Waals surface area contributed by atoms with E-state index >= 15 is 0 Å². The molecule has 0 bridgehead atoms. The van der Waals surface area contributed by atoms with Crippen LogP contribution in [0.3, 0.4) is 0 Å². The maximum Gasteiger partial charge on any atom is 1.00 e. The van der Waals surface area contributed by atoms with Crippen LogP contribution in [0.2, 0.25) is 0 Å². The Morgan fingerprint density at radius 2 is 1.72 bits per heavy atom. The topological polar surface area (TPSA) is 182 Å². The molecular weight excluding hydrogens is 287 g/mol. The Hall–Kier alpha value is -0.400. The monoisotopic (exact) mass is 298 g/mol. The number of ether oxygens (including phenoxy) is 1. The summed E-state index contributed by atoms with van der Waals surface area (Å²) in [6.45, 7) is -0.671. The van der Waals surface area contributed by atoms with E-state index in [9.17, 15) is 4.79 Å². The van der Waals surface area contributed by atoms with Gasteiger partial charge in [0.2, 0.25) is 5.76 Å². The van der Waals surface area contributed by atoms with E-state index in [0.29, 0.717) is 0 Å². The van der Waals surface area contributed by atoms with Crippen molar-refractivity contribution in [3.63, 3.8) is 0 Å². The number of hydrogen-bond donors (Lipinski definition) is 6. The predicted octanol–water partition coefficient (Wildman–Crippen LogP) is -4.94. The second-order valence-corrected chi connectivity index (χ2v) is 3.65. The van der Waals surface area contributed by atoms with E-state index in [0.717, 1.165) is 0 Å². The molecule has 0 unspecified atom stereocenters. The number of carbonyl (C=O) groups excluding carboxylic acids is 1. The van der Waals surface area contributed by atoms with Crippen LogP contribution in [0.4, 0.5) is 0 Å². The molecule has 0 spiro atoms. The van der Waals surface area contributed by atoms with E-state index in [1.54, 1.807) is 0 Å². The fraction of sp³-hybridized carbons (Fsp3) is 0.500. The summed E-state index contributed by atoms with van der Waals surface area (Å²) >= 11 is 0. The van der Waals surface area contributed by atoms with Gasteiger partial charge in [0.05, 0.1) is 6.61 Å². The van der Waals surface area contributed by atoms with Crippen LogP contribution in [0.15, 0.2) is 11.5 Å². The van der Waals surface area contributed by atoms with Crippen molar-refractivity contribution < 1.29 is 78.5 Å². The summed E-state index contributed by atoms with van der Waals surface area (Å²) in [5, 5.41) is 35.0. The maximum absolute atomic E-state index is 10.5. The number of carbonyl (C=O) groups is 1. The SMILES string of the molecule is O=C1O[C@H]([C@@H](O)CO)C(O)=C1O.O=S(=O)(O)O.[H-].[Na+]. The molecule has 12 heteroatoms. The largest absolute Gasteiger partial charge is 1.00 e. The van der Waals surface area contributed by atoms with Gasteiger partial charge >= 0.3 is 45.9 Å². The molecule has 10 nitrogen and oxygen atoms in total. The normalized spacial score (nSPS) is 20.4. The number of aliphatic hydroxyl groups is 4. The minimum Gasteiger partial charge on any atom is -1.00 e. The van der Waals surface area contributed by atoms with Gasteiger partial charge in [0.15, 0.2) is 11.9 Å². The van der Waals surface area contributed by atoms with Crippen LogP contribution < -0.4 is 29.6 Å². The molecule has 1 aliphatic rings. The van der Waals surface area contributed by atoms with E-state index in [1.165, 1.54) is 0 Å². The Morgan fingerprint density at radius 3 is 1.94 bits per heavy atom. The molecular formula is C6H11NaO10S. The van der Waals surface area contributed by atoms with Crippen LogP contribution >= 0.6 is 0 Å². The molecule has 102 valence electrons. The van der Waals surface area contributed by atoms with Crippen LogP contribution in [0.25, 0.3) is 0 Å². The molecule has 1 aliphatic heterocycles. The Morgan fingerprint density at radius 1 is 1.33 bits per heavy atom. The summed E-state index contributed by atoms with van der Waals surface area (Å²) in [6, 6.07) is 0. The Kier molecular flexibility index (Phi) is 8.76. The summed E-state index contributed by atoms with van der Waals surface area (Å²) < 4.78 is 35.9. The van der Waals surface area contributed by atoms with Gasteiger partial charge in [-0.2, -0.15) is 8.42 Å². The molecule has 6 N–H and O–H groups in total. The molecule has 1 heterocycles.